The van der Waals surface area contributed by atoms with Gasteiger partial charge in [0.1, 0.15) is 5.82 Å². The Morgan fingerprint density at radius 1 is 1.40 bits per heavy atom. The Labute approximate surface area is 117 Å². The van der Waals surface area contributed by atoms with Gasteiger partial charge in [-0.15, -0.1) is 0 Å². The maximum atomic E-state index is 13.2. The first-order chi connectivity index (χ1) is 9.13. The van der Waals surface area contributed by atoms with Gasteiger partial charge in [-0.3, -0.25) is 4.79 Å². The SMILES string of the molecule is Cc1ccc(F)cc1S(=O)(=O)NC(CC(=O)O)C(C)C. The minimum absolute atomic E-state index is 0.173. The quantitative estimate of drug-likeness (QED) is 0.841. The molecule has 0 amide bonds. The number of benzene rings is 1. The summed E-state index contributed by atoms with van der Waals surface area (Å²) in [4.78, 5) is 10.6. The molecular weight excluding hydrogens is 285 g/mol. The Bertz CT molecular complexity index is 598. The molecule has 112 valence electrons. The fourth-order valence-electron chi connectivity index (χ4n) is 1.73. The van der Waals surface area contributed by atoms with Gasteiger partial charge in [-0.05, 0) is 30.5 Å². The van der Waals surface area contributed by atoms with Crippen molar-refractivity contribution >= 4 is 16.0 Å². The van der Waals surface area contributed by atoms with Crippen LogP contribution in [0, 0.1) is 18.7 Å². The van der Waals surface area contributed by atoms with Gasteiger partial charge in [-0.25, -0.2) is 17.5 Å². The van der Waals surface area contributed by atoms with Gasteiger partial charge < -0.3 is 5.11 Å². The standard InChI is InChI=1S/C13H18FNO4S/c1-8(2)11(7-13(16)17)15-20(18,19)12-6-10(14)5-4-9(12)3/h4-6,8,11,15H,7H2,1-3H3,(H,16,17). The van der Waals surface area contributed by atoms with Crippen LogP contribution in [0.15, 0.2) is 23.1 Å². The second-order valence-electron chi connectivity index (χ2n) is 4.98. The lowest BCUT2D eigenvalue weighted by Gasteiger charge is -2.21. The minimum Gasteiger partial charge on any atom is -0.481 e. The lowest BCUT2D eigenvalue weighted by molar-refractivity contribution is -0.137. The maximum Gasteiger partial charge on any atom is 0.304 e. The zero-order chi connectivity index (χ0) is 15.5. The number of hydrogen-bond donors (Lipinski definition) is 2. The molecule has 20 heavy (non-hydrogen) atoms. The molecule has 1 aromatic rings. The summed E-state index contributed by atoms with van der Waals surface area (Å²) in [6, 6.07) is 2.72. The lowest BCUT2D eigenvalue weighted by Crippen LogP contribution is -2.40. The molecule has 2 N–H and O–H groups in total. The van der Waals surface area contributed by atoms with Crippen molar-refractivity contribution in [3.05, 3.63) is 29.6 Å². The molecule has 1 aromatic carbocycles. The molecule has 1 rings (SSSR count). The number of hydrogen-bond acceptors (Lipinski definition) is 3. The summed E-state index contributed by atoms with van der Waals surface area (Å²) in [5, 5.41) is 8.80. The predicted molar refractivity (Wildman–Crippen MR) is 72.3 cm³/mol. The summed E-state index contributed by atoms with van der Waals surface area (Å²) in [5.74, 6) is -1.95. The summed E-state index contributed by atoms with van der Waals surface area (Å²) in [7, 11) is -3.96. The molecule has 0 fully saturated rings. The Kier molecular flexibility index (Phi) is 5.24. The van der Waals surface area contributed by atoms with Crippen LogP contribution in [0.5, 0.6) is 0 Å². The van der Waals surface area contributed by atoms with Gasteiger partial charge in [-0.2, -0.15) is 0 Å². The second-order valence-corrected chi connectivity index (χ2v) is 6.66. The molecule has 5 nitrogen and oxygen atoms in total. The highest BCUT2D eigenvalue weighted by molar-refractivity contribution is 7.89. The van der Waals surface area contributed by atoms with Crippen molar-refractivity contribution in [2.75, 3.05) is 0 Å². The zero-order valence-corrected chi connectivity index (χ0v) is 12.4. The monoisotopic (exact) mass is 303 g/mol. The van der Waals surface area contributed by atoms with Crippen molar-refractivity contribution < 1.29 is 22.7 Å². The van der Waals surface area contributed by atoms with E-state index < -0.39 is 27.9 Å². The van der Waals surface area contributed by atoms with E-state index in [2.05, 4.69) is 4.72 Å². The normalized spacial score (nSPS) is 13.4. The number of aryl methyl sites for hydroxylation is 1. The van der Waals surface area contributed by atoms with Crippen molar-refractivity contribution in [3.63, 3.8) is 0 Å². The molecule has 1 atom stereocenters. The molecule has 0 aliphatic rings. The third kappa shape index (κ3) is 4.28. The highest BCUT2D eigenvalue weighted by atomic mass is 32.2. The van der Waals surface area contributed by atoms with Crippen molar-refractivity contribution in [1.82, 2.24) is 4.72 Å². The first-order valence-corrected chi connectivity index (χ1v) is 7.62. The van der Waals surface area contributed by atoms with Crippen molar-refractivity contribution in [2.45, 2.75) is 38.1 Å². The van der Waals surface area contributed by atoms with E-state index in [-0.39, 0.29) is 17.2 Å². The number of rotatable bonds is 6. The molecule has 0 radical (unpaired) electrons. The van der Waals surface area contributed by atoms with Gasteiger partial charge in [0.25, 0.3) is 0 Å². The van der Waals surface area contributed by atoms with Crippen LogP contribution < -0.4 is 4.72 Å². The average Bonchev–Trinajstić information content (AvgIpc) is 2.30. The molecule has 0 aliphatic heterocycles. The Morgan fingerprint density at radius 3 is 2.50 bits per heavy atom. The highest BCUT2D eigenvalue weighted by Gasteiger charge is 2.25. The topological polar surface area (TPSA) is 83.5 Å². The number of carboxylic acids is 1. The number of aliphatic carboxylic acids is 1. The molecular formula is C13H18FNO4S. The van der Waals surface area contributed by atoms with Gasteiger partial charge in [0.2, 0.25) is 10.0 Å². The molecule has 0 saturated carbocycles. The van der Waals surface area contributed by atoms with Crippen LogP contribution in [0.3, 0.4) is 0 Å². The zero-order valence-electron chi connectivity index (χ0n) is 11.6. The first-order valence-electron chi connectivity index (χ1n) is 6.13. The van der Waals surface area contributed by atoms with Crippen LogP contribution in [0.25, 0.3) is 0 Å². The van der Waals surface area contributed by atoms with Crippen LogP contribution in [0.4, 0.5) is 4.39 Å². The summed E-state index contributed by atoms with van der Waals surface area (Å²) < 4.78 is 40.0. The predicted octanol–water partition coefficient (Wildman–Crippen LogP) is 1.91. The highest BCUT2D eigenvalue weighted by Crippen LogP contribution is 2.18. The molecule has 1 unspecified atom stereocenters. The van der Waals surface area contributed by atoms with Crippen LogP contribution >= 0.6 is 0 Å². The third-order valence-corrected chi connectivity index (χ3v) is 4.58. The molecule has 0 aromatic heterocycles. The number of carboxylic acid groups (broad SMARTS) is 1. The van der Waals surface area contributed by atoms with Crippen molar-refractivity contribution in [1.29, 1.82) is 0 Å². The van der Waals surface area contributed by atoms with E-state index in [1.54, 1.807) is 20.8 Å². The van der Waals surface area contributed by atoms with Crippen molar-refractivity contribution in [3.8, 4) is 0 Å². The van der Waals surface area contributed by atoms with E-state index in [1.165, 1.54) is 12.1 Å². The summed E-state index contributed by atoms with van der Waals surface area (Å²) >= 11 is 0. The summed E-state index contributed by atoms with van der Waals surface area (Å²) in [5.41, 5.74) is 0.400. The Morgan fingerprint density at radius 2 is 2.00 bits per heavy atom. The van der Waals surface area contributed by atoms with E-state index in [4.69, 9.17) is 5.11 Å². The van der Waals surface area contributed by atoms with Crippen LogP contribution in [-0.2, 0) is 14.8 Å². The summed E-state index contributed by atoms with van der Waals surface area (Å²) in [6.07, 6.45) is -0.328. The van der Waals surface area contributed by atoms with E-state index in [0.29, 0.717) is 5.56 Å². The van der Waals surface area contributed by atoms with Gasteiger partial charge in [0.15, 0.2) is 0 Å². The number of halogens is 1. The van der Waals surface area contributed by atoms with E-state index in [9.17, 15) is 17.6 Å². The number of sulfonamides is 1. The minimum atomic E-state index is -3.96. The first kappa shape index (κ1) is 16.6. The third-order valence-electron chi connectivity index (χ3n) is 2.95. The molecule has 0 bridgehead atoms. The Balaban J connectivity index is 3.09. The molecule has 7 heteroatoms. The average molecular weight is 303 g/mol. The number of carbonyl (C=O) groups is 1. The Hall–Kier alpha value is -1.47. The number of nitrogens with one attached hydrogen (secondary N) is 1. The van der Waals surface area contributed by atoms with Crippen LogP contribution in [-0.4, -0.2) is 25.5 Å². The second kappa shape index (κ2) is 6.32. The molecule has 0 saturated heterocycles. The van der Waals surface area contributed by atoms with E-state index >= 15 is 0 Å². The van der Waals surface area contributed by atoms with E-state index in [0.717, 1.165) is 6.07 Å². The van der Waals surface area contributed by atoms with Gasteiger partial charge in [-0.1, -0.05) is 19.9 Å². The largest absolute Gasteiger partial charge is 0.481 e. The summed E-state index contributed by atoms with van der Waals surface area (Å²) in [6.45, 7) is 4.98. The van der Waals surface area contributed by atoms with E-state index in [1.807, 2.05) is 0 Å². The van der Waals surface area contributed by atoms with Crippen molar-refractivity contribution in [2.24, 2.45) is 5.92 Å². The fraction of sp³-hybridized carbons (Fsp3) is 0.462. The molecule has 0 heterocycles. The maximum absolute atomic E-state index is 13.2. The van der Waals surface area contributed by atoms with Gasteiger partial charge in [0, 0.05) is 6.04 Å². The fourth-order valence-corrected chi connectivity index (χ4v) is 3.37. The van der Waals surface area contributed by atoms with Gasteiger partial charge >= 0.3 is 5.97 Å². The van der Waals surface area contributed by atoms with Crippen LogP contribution in [0.1, 0.15) is 25.8 Å². The van der Waals surface area contributed by atoms with Gasteiger partial charge in [0.05, 0.1) is 11.3 Å². The van der Waals surface area contributed by atoms with Crippen LogP contribution in [0.2, 0.25) is 0 Å². The lowest BCUT2D eigenvalue weighted by atomic mass is 10.0. The smallest absolute Gasteiger partial charge is 0.304 e. The molecule has 0 spiro atoms. The molecule has 0 aliphatic carbocycles.